The molecule has 0 spiro atoms. The van der Waals surface area contributed by atoms with Gasteiger partial charge >= 0.3 is 11.9 Å². The first kappa shape index (κ1) is 13.3. The molecule has 0 atom stereocenters. The van der Waals surface area contributed by atoms with Crippen molar-refractivity contribution >= 4 is 18.0 Å². The minimum absolute atomic E-state index is 0.00293. The van der Waals surface area contributed by atoms with Gasteiger partial charge < -0.3 is 14.8 Å². The van der Waals surface area contributed by atoms with E-state index < -0.39 is 11.9 Å². The Balaban J connectivity index is 2.90. The zero-order valence-electron chi connectivity index (χ0n) is 9.34. The number of carbonyl (C=O) groups is 2. The van der Waals surface area contributed by atoms with Crippen molar-refractivity contribution in [2.24, 2.45) is 0 Å². The average molecular weight is 246 g/mol. The van der Waals surface area contributed by atoms with Crippen LogP contribution in [0.2, 0.25) is 0 Å². The molecule has 0 saturated heterocycles. The second-order valence-corrected chi connectivity index (χ2v) is 3.19. The molecule has 1 heterocycles. The fraction of sp³-hybridized carbons (Fsp3) is 0.0833. The lowest BCUT2D eigenvalue weighted by molar-refractivity contribution is -0.137. The Bertz CT molecular complexity index is 549. The highest BCUT2D eigenvalue weighted by molar-refractivity contribution is 5.98. The van der Waals surface area contributed by atoms with Crippen molar-refractivity contribution in [1.82, 2.24) is 4.98 Å². The summed E-state index contributed by atoms with van der Waals surface area (Å²) in [6, 6.07) is 4.46. The molecule has 0 aromatic carbocycles. The number of nitriles is 1. The Hall–Kier alpha value is -2.81. The van der Waals surface area contributed by atoms with Gasteiger partial charge in [-0.15, -0.1) is 0 Å². The van der Waals surface area contributed by atoms with Gasteiger partial charge in [0, 0.05) is 5.69 Å². The van der Waals surface area contributed by atoms with Crippen molar-refractivity contribution in [2.45, 2.75) is 0 Å². The molecule has 18 heavy (non-hydrogen) atoms. The number of esters is 1. The fourth-order valence-corrected chi connectivity index (χ4v) is 1.13. The first-order chi connectivity index (χ1) is 8.58. The predicted molar refractivity (Wildman–Crippen MR) is 62.5 cm³/mol. The van der Waals surface area contributed by atoms with E-state index in [1.54, 1.807) is 6.07 Å². The SMILES string of the molecule is C=CCOC(=O)/C(C#N)=C\c1ccc(C(=O)O)[nH]1. The van der Waals surface area contributed by atoms with Crippen LogP contribution in [0.3, 0.4) is 0 Å². The van der Waals surface area contributed by atoms with Crippen LogP contribution in [0.25, 0.3) is 6.08 Å². The van der Waals surface area contributed by atoms with Crippen molar-refractivity contribution in [1.29, 1.82) is 5.26 Å². The maximum Gasteiger partial charge on any atom is 0.352 e. The van der Waals surface area contributed by atoms with E-state index in [1.807, 2.05) is 0 Å². The molecule has 1 rings (SSSR count). The standard InChI is InChI=1S/C12H10N2O4/c1-2-5-18-12(17)8(7-13)6-9-3-4-10(14-9)11(15)16/h2-4,6,14H,1,5H2,(H,15,16)/b8-6-. The van der Waals surface area contributed by atoms with Gasteiger partial charge in [0.05, 0.1) is 0 Å². The number of nitrogens with zero attached hydrogens (tertiary/aromatic N) is 1. The van der Waals surface area contributed by atoms with Crippen LogP contribution in [0.1, 0.15) is 16.2 Å². The molecule has 0 unspecified atom stereocenters. The van der Waals surface area contributed by atoms with Crippen molar-refractivity contribution in [3.05, 3.63) is 41.7 Å². The average Bonchev–Trinajstić information content (AvgIpc) is 2.81. The van der Waals surface area contributed by atoms with Crippen LogP contribution in [0.15, 0.2) is 30.4 Å². The quantitative estimate of drug-likeness (QED) is 0.353. The molecular weight excluding hydrogens is 236 g/mol. The molecule has 0 saturated carbocycles. The van der Waals surface area contributed by atoms with Gasteiger partial charge in [-0.05, 0) is 18.2 Å². The number of hydrogen-bond acceptors (Lipinski definition) is 4. The summed E-state index contributed by atoms with van der Waals surface area (Å²) in [6.45, 7) is 3.38. The summed E-state index contributed by atoms with van der Waals surface area (Å²) in [5.41, 5.74) is 0.0770. The zero-order valence-corrected chi connectivity index (χ0v) is 9.34. The second-order valence-electron chi connectivity index (χ2n) is 3.19. The molecule has 6 nitrogen and oxygen atoms in total. The number of carbonyl (C=O) groups excluding carboxylic acids is 1. The van der Waals surface area contributed by atoms with Gasteiger partial charge in [-0.1, -0.05) is 12.7 Å². The third kappa shape index (κ3) is 3.35. The van der Waals surface area contributed by atoms with Crippen LogP contribution >= 0.6 is 0 Å². The van der Waals surface area contributed by atoms with Gasteiger partial charge in [-0.3, -0.25) is 0 Å². The molecule has 0 bridgehead atoms. The van der Waals surface area contributed by atoms with E-state index in [9.17, 15) is 9.59 Å². The van der Waals surface area contributed by atoms with Crippen molar-refractivity contribution in [2.75, 3.05) is 6.61 Å². The summed E-state index contributed by atoms with van der Waals surface area (Å²) in [4.78, 5) is 24.5. The summed E-state index contributed by atoms with van der Waals surface area (Å²) in [5, 5.41) is 17.5. The first-order valence-electron chi connectivity index (χ1n) is 4.90. The summed E-state index contributed by atoms with van der Waals surface area (Å²) >= 11 is 0. The lowest BCUT2D eigenvalue weighted by Gasteiger charge is -1.98. The van der Waals surface area contributed by atoms with Gasteiger partial charge in [-0.25, -0.2) is 9.59 Å². The number of ether oxygens (including phenoxy) is 1. The molecule has 0 aliphatic heterocycles. The van der Waals surface area contributed by atoms with Gasteiger partial charge in [0.2, 0.25) is 0 Å². The fourth-order valence-electron chi connectivity index (χ4n) is 1.13. The van der Waals surface area contributed by atoms with Crippen molar-refractivity contribution in [3.8, 4) is 6.07 Å². The molecule has 0 aliphatic rings. The molecule has 2 N–H and O–H groups in total. The minimum atomic E-state index is -1.12. The summed E-state index contributed by atoms with van der Waals surface area (Å²) in [7, 11) is 0. The number of aromatic nitrogens is 1. The maximum atomic E-state index is 11.4. The van der Waals surface area contributed by atoms with E-state index >= 15 is 0 Å². The topological polar surface area (TPSA) is 103 Å². The predicted octanol–water partition coefficient (Wildman–Crippen LogP) is 1.35. The third-order valence-corrected chi connectivity index (χ3v) is 1.91. The Kier molecular flexibility index (Phi) is 4.46. The monoisotopic (exact) mass is 246 g/mol. The van der Waals surface area contributed by atoms with E-state index in [0.717, 1.165) is 0 Å². The highest BCUT2D eigenvalue weighted by atomic mass is 16.5. The van der Waals surface area contributed by atoms with Gasteiger partial charge in [-0.2, -0.15) is 5.26 Å². The summed E-state index contributed by atoms with van der Waals surface area (Å²) in [6.07, 6.45) is 2.60. The zero-order chi connectivity index (χ0) is 13.5. The number of rotatable bonds is 5. The lowest BCUT2D eigenvalue weighted by atomic mass is 10.2. The molecule has 0 radical (unpaired) electrons. The van der Waals surface area contributed by atoms with Crippen molar-refractivity contribution in [3.63, 3.8) is 0 Å². The third-order valence-electron chi connectivity index (χ3n) is 1.91. The van der Waals surface area contributed by atoms with Crippen LogP contribution < -0.4 is 0 Å². The van der Waals surface area contributed by atoms with Crippen LogP contribution in [0.5, 0.6) is 0 Å². The van der Waals surface area contributed by atoms with E-state index in [-0.39, 0.29) is 17.9 Å². The van der Waals surface area contributed by atoms with Crippen LogP contribution in [0.4, 0.5) is 0 Å². The normalized spacial score (nSPS) is 10.5. The lowest BCUT2D eigenvalue weighted by Crippen LogP contribution is -2.06. The van der Waals surface area contributed by atoms with E-state index in [4.69, 9.17) is 15.1 Å². The van der Waals surface area contributed by atoms with E-state index in [1.165, 1.54) is 24.3 Å². The highest BCUT2D eigenvalue weighted by Crippen LogP contribution is 2.08. The summed E-state index contributed by atoms with van der Waals surface area (Å²) < 4.78 is 4.69. The maximum absolute atomic E-state index is 11.4. The molecule has 92 valence electrons. The molecule has 1 aromatic rings. The molecule has 0 amide bonds. The molecular formula is C12H10N2O4. The Morgan fingerprint density at radius 1 is 1.56 bits per heavy atom. The smallest absolute Gasteiger partial charge is 0.352 e. The number of aromatic amines is 1. The van der Waals surface area contributed by atoms with E-state index in [2.05, 4.69) is 11.6 Å². The van der Waals surface area contributed by atoms with Crippen LogP contribution in [0, 0.1) is 11.3 Å². The van der Waals surface area contributed by atoms with Crippen LogP contribution in [-0.4, -0.2) is 28.6 Å². The number of carboxylic acid groups (broad SMARTS) is 1. The number of H-pyrrole nitrogens is 1. The van der Waals surface area contributed by atoms with Gasteiger partial charge in [0.1, 0.15) is 23.9 Å². The highest BCUT2D eigenvalue weighted by Gasteiger charge is 2.11. The number of aromatic carboxylic acids is 1. The number of nitrogens with one attached hydrogen (secondary N) is 1. The number of carboxylic acids is 1. The molecule has 0 fully saturated rings. The Morgan fingerprint density at radius 2 is 2.28 bits per heavy atom. The number of hydrogen-bond donors (Lipinski definition) is 2. The second kappa shape index (κ2) is 6.06. The van der Waals surface area contributed by atoms with Crippen LogP contribution in [-0.2, 0) is 9.53 Å². The largest absolute Gasteiger partial charge is 0.477 e. The molecule has 6 heteroatoms. The Labute approximate surface area is 103 Å². The first-order valence-corrected chi connectivity index (χ1v) is 4.90. The molecule has 0 aliphatic carbocycles. The van der Waals surface area contributed by atoms with Gasteiger partial charge in [0.25, 0.3) is 0 Å². The van der Waals surface area contributed by atoms with Crippen molar-refractivity contribution < 1.29 is 19.4 Å². The minimum Gasteiger partial charge on any atom is -0.477 e. The Morgan fingerprint density at radius 3 is 2.78 bits per heavy atom. The van der Waals surface area contributed by atoms with Gasteiger partial charge in [0.15, 0.2) is 0 Å². The molecule has 1 aromatic heterocycles. The summed E-state index contributed by atoms with van der Waals surface area (Å²) in [5.74, 6) is -1.91. The van der Waals surface area contributed by atoms with E-state index in [0.29, 0.717) is 5.69 Å².